The van der Waals surface area contributed by atoms with Crippen LogP contribution >= 0.6 is 0 Å². The minimum atomic E-state index is -1.21. The molecule has 1 N–H and O–H groups in total. The van der Waals surface area contributed by atoms with E-state index in [0.29, 0.717) is 29.4 Å². The van der Waals surface area contributed by atoms with Crippen molar-refractivity contribution < 1.29 is 24.1 Å². The smallest absolute Gasteiger partial charge is 0.209 e. The molecule has 1 heterocycles. The molecule has 5 heteroatoms. The normalized spacial score (nSPS) is 20.0. The molecule has 0 saturated heterocycles. The minimum absolute atomic E-state index is 0.432. The molecule has 2 aromatic rings. The van der Waals surface area contributed by atoms with E-state index in [1.807, 2.05) is 12.1 Å². The van der Waals surface area contributed by atoms with Crippen LogP contribution in [0.2, 0.25) is 0 Å². The molecule has 21 heavy (non-hydrogen) atoms. The lowest BCUT2D eigenvalue weighted by atomic mass is 10.0. The van der Waals surface area contributed by atoms with Gasteiger partial charge in [-0.05, 0) is 6.07 Å². The highest BCUT2D eigenvalue weighted by Gasteiger charge is 2.35. The molecule has 1 aliphatic rings. The van der Waals surface area contributed by atoms with Crippen molar-refractivity contribution in [1.29, 1.82) is 0 Å². The summed E-state index contributed by atoms with van der Waals surface area (Å²) in [5, 5.41) is 11.8. The molecule has 1 aliphatic heterocycles. The zero-order chi connectivity index (χ0) is 15.2. The van der Waals surface area contributed by atoms with Crippen molar-refractivity contribution in [2.75, 3.05) is 21.3 Å². The van der Waals surface area contributed by atoms with Gasteiger partial charge in [0.2, 0.25) is 5.79 Å². The molecule has 1 atom stereocenters. The molecule has 0 saturated carbocycles. The van der Waals surface area contributed by atoms with Gasteiger partial charge in [0.15, 0.2) is 11.5 Å². The Morgan fingerprint density at radius 3 is 2.43 bits per heavy atom. The average Bonchev–Trinajstić information content (AvgIpc) is 2.79. The molecule has 1 unspecified atom stereocenters. The molecule has 0 fully saturated rings. The van der Waals surface area contributed by atoms with E-state index in [0.717, 1.165) is 16.3 Å². The van der Waals surface area contributed by atoms with Gasteiger partial charge in [0.25, 0.3) is 0 Å². The Balaban J connectivity index is 2.40. The van der Waals surface area contributed by atoms with Gasteiger partial charge < -0.3 is 24.1 Å². The van der Waals surface area contributed by atoms with E-state index in [2.05, 4.69) is 0 Å². The Morgan fingerprint density at radius 1 is 1.10 bits per heavy atom. The molecule has 3 rings (SSSR count). The quantitative estimate of drug-likeness (QED) is 0.941. The van der Waals surface area contributed by atoms with Crippen molar-refractivity contribution in [2.24, 2.45) is 0 Å². The van der Waals surface area contributed by atoms with Crippen molar-refractivity contribution in [1.82, 2.24) is 0 Å². The summed E-state index contributed by atoms with van der Waals surface area (Å²) < 4.78 is 22.0. The molecular weight excluding hydrogens is 272 g/mol. The van der Waals surface area contributed by atoms with Crippen LogP contribution in [0.25, 0.3) is 10.8 Å². The van der Waals surface area contributed by atoms with Crippen molar-refractivity contribution >= 4 is 10.8 Å². The van der Waals surface area contributed by atoms with Gasteiger partial charge in [0.1, 0.15) is 11.5 Å². The first kappa shape index (κ1) is 13.8. The summed E-state index contributed by atoms with van der Waals surface area (Å²) in [6, 6.07) is 5.66. The van der Waals surface area contributed by atoms with Crippen molar-refractivity contribution in [2.45, 2.75) is 19.1 Å². The fraction of sp³-hybridized carbons (Fsp3) is 0.375. The third-order valence-electron chi connectivity index (χ3n) is 3.70. The first-order chi connectivity index (χ1) is 10.0. The van der Waals surface area contributed by atoms with Gasteiger partial charge in [-0.1, -0.05) is 6.07 Å². The summed E-state index contributed by atoms with van der Waals surface area (Å²) in [5.74, 6) is 1.21. The van der Waals surface area contributed by atoms with E-state index < -0.39 is 5.79 Å². The summed E-state index contributed by atoms with van der Waals surface area (Å²) in [4.78, 5) is 0. The molecule has 0 amide bonds. The van der Waals surface area contributed by atoms with Crippen LogP contribution < -0.4 is 18.9 Å². The van der Waals surface area contributed by atoms with Crippen molar-refractivity contribution in [3.63, 3.8) is 0 Å². The van der Waals surface area contributed by atoms with Crippen LogP contribution in [0.5, 0.6) is 23.0 Å². The van der Waals surface area contributed by atoms with E-state index in [1.54, 1.807) is 34.3 Å². The zero-order valence-electron chi connectivity index (χ0n) is 12.5. The number of hydrogen-bond donors (Lipinski definition) is 1. The van der Waals surface area contributed by atoms with Crippen molar-refractivity contribution in [3.05, 3.63) is 23.8 Å². The molecule has 2 aromatic carbocycles. The van der Waals surface area contributed by atoms with Crippen LogP contribution in [0.4, 0.5) is 0 Å². The Bertz CT molecular complexity index is 706. The molecular formula is C16H18O5. The summed E-state index contributed by atoms with van der Waals surface area (Å²) in [6.45, 7) is 1.64. The number of ether oxygens (including phenoxy) is 4. The van der Waals surface area contributed by atoms with E-state index in [9.17, 15) is 5.11 Å². The SMILES string of the molecule is COc1cc(OC)c2ccc3c(c2c1OC)OC(C)(O)C3. The van der Waals surface area contributed by atoms with E-state index in [4.69, 9.17) is 18.9 Å². The van der Waals surface area contributed by atoms with E-state index in [1.165, 1.54) is 0 Å². The number of hydrogen-bond acceptors (Lipinski definition) is 5. The van der Waals surface area contributed by atoms with Gasteiger partial charge in [0, 0.05) is 30.4 Å². The molecule has 0 bridgehead atoms. The first-order valence-corrected chi connectivity index (χ1v) is 6.66. The van der Waals surface area contributed by atoms with E-state index >= 15 is 0 Å². The van der Waals surface area contributed by atoms with Gasteiger partial charge in [0.05, 0.1) is 26.7 Å². The number of methoxy groups -OCH3 is 3. The molecule has 0 spiro atoms. The van der Waals surface area contributed by atoms with Crippen LogP contribution in [0, 0.1) is 0 Å². The van der Waals surface area contributed by atoms with Gasteiger partial charge in [-0.15, -0.1) is 0 Å². The van der Waals surface area contributed by atoms with Gasteiger partial charge in [-0.25, -0.2) is 0 Å². The highest BCUT2D eigenvalue weighted by atomic mass is 16.6. The Labute approximate surface area is 123 Å². The molecule has 0 aromatic heterocycles. The van der Waals surface area contributed by atoms with Gasteiger partial charge in [-0.3, -0.25) is 0 Å². The molecule has 0 radical (unpaired) electrons. The van der Waals surface area contributed by atoms with Crippen molar-refractivity contribution in [3.8, 4) is 23.0 Å². The lowest BCUT2D eigenvalue weighted by Crippen LogP contribution is -2.28. The van der Waals surface area contributed by atoms with Crippen LogP contribution in [-0.4, -0.2) is 32.2 Å². The average molecular weight is 290 g/mol. The first-order valence-electron chi connectivity index (χ1n) is 6.66. The summed E-state index contributed by atoms with van der Waals surface area (Å²) in [5.41, 5.74) is 0.932. The Kier molecular flexibility index (Phi) is 3.10. The van der Waals surface area contributed by atoms with Crippen LogP contribution in [0.3, 0.4) is 0 Å². The summed E-state index contributed by atoms with van der Waals surface area (Å²) in [7, 11) is 4.75. The number of aliphatic hydroxyl groups is 1. The largest absolute Gasteiger partial charge is 0.496 e. The fourth-order valence-electron chi connectivity index (χ4n) is 2.83. The second-order valence-corrected chi connectivity index (χ2v) is 5.24. The fourth-order valence-corrected chi connectivity index (χ4v) is 2.83. The summed E-state index contributed by atoms with van der Waals surface area (Å²) >= 11 is 0. The van der Waals surface area contributed by atoms with Gasteiger partial charge in [-0.2, -0.15) is 0 Å². The molecule has 112 valence electrons. The topological polar surface area (TPSA) is 57.2 Å². The monoisotopic (exact) mass is 290 g/mol. The highest BCUT2D eigenvalue weighted by Crippen LogP contribution is 2.49. The van der Waals surface area contributed by atoms with E-state index in [-0.39, 0.29) is 0 Å². The maximum absolute atomic E-state index is 10.2. The third-order valence-corrected chi connectivity index (χ3v) is 3.70. The number of benzene rings is 2. The predicted molar refractivity (Wildman–Crippen MR) is 78.6 cm³/mol. The molecule has 5 nitrogen and oxygen atoms in total. The third kappa shape index (κ3) is 2.05. The maximum Gasteiger partial charge on any atom is 0.209 e. The predicted octanol–water partition coefficient (Wildman–Crippen LogP) is 2.51. The standard InChI is InChI=1S/C16H18O5/c1-16(17)8-9-5-6-10-11(18-2)7-12(19-3)15(20-4)13(10)14(9)21-16/h5-7,17H,8H2,1-4H3. The van der Waals surface area contributed by atoms with Crippen LogP contribution in [0.15, 0.2) is 18.2 Å². The summed E-state index contributed by atoms with van der Waals surface area (Å²) in [6.07, 6.45) is 0.432. The maximum atomic E-state index is 10.2. The second kappa shape index (κ2) is 4.70. The minimum Gasteiger partial charge on any atom is -0.496 e. The lowest BCUT2D eigenvalue weighted by Gasteiger charge is -2.18. The Hall–Kier alpha value is -2.14. The van der Waals surface area contributed by atoms with Crippen LogP contribution in [0.1, 0.15) is 12.5 Å². The lowest BCUT2D eigenvalue weighted by molar-refractivity contribution is -0.103. The second-order valence-electron chi connectivity index (χ2n) is 5.24. The zero-order valence-corrected chi connectivity index (χ0v) is 12.5. The highest BCUT2D eigenvalue weighted by molar-refractivity contribution is 6.01. The molecule has 0 aliphatic carbocycles. The number of rotatable bonds is 3. The van der Waals surface area contributed by atoms with Crippen LogP contribution in [-0.2, 0) is 6.42 Å². The Morgan fingerprint density at radius 2 is 1.81 bits per heavy atom. The van der Waals surface area contributed by atoms with Gasteiger partial charge >= 0.3 is 0 Å². The number of fused-ring (bicyclic) bond motifs is 3.